The van der Waals surface area contributed by atoms with Crippen LogP contribution in [-0.2, 0) is 10.3 Å². The first-order valence-electron chi connectivity index (χ1n) is 9.45. The van der Waals surface area contributed by atoms with Crippen LogP contribution in [0.3, 0.4) is 0 Å². The van der Waals surface area contributed by atoms with Gasteiger partial charge in [0.25, 0.3) is 0 Å². The zero-order valence-electron chi connectivity index (χ0n) is 16.8. The molecule has 0 bridgehead atoms. The van der Waals surface area contributed by atoms with Gasteiger partial charge in [0.1, 0.15) is 0 Å². The first-order valence-corrected chi connectivity index (χ1v) is 10.6. The first-order chi connectivity index (χ1) is 13.3. The molecule has 1 aromatic rings. The normalized spacial score (nSPS) is 11.1. The average molecular weight is 410 g/mol. The third-order valence-electron chi connectivity index (χ3n) is 5.38. The molecule has 2 unspecified atom stereocenters. The van der Waals surface area contributed by atoms with E-state index in [1.807, 2.05) is 0 Å². The van der Waals surface area contributed by atoms with Crippen molar-refractivity contribution in [2.24, 2.45) is 0 Å². The Labute approximate surface area is 174 Å². The molecule has 0 spiro atoms. The van der Waals surface area contributed by atoms with Crippen molar-refractivity contribution in [3.05, 3.63) is 34.4 Å². The molecule has 146 valence electrons. The Bertz CT molecular complexity index is 742. The lowest BCUT2D eigenvalue weighted by Gasteiger charge is -2.35. The van der Waals surface area contributed by atoms with Crippen LogP contribution in [0.4, 0.5) is 0 Å². The summed E-state index contributed by atoms with van der Waals surface area (Å²) in [5.74, 6) is 0. The molecule has 0 aliphatic heterocycles. The van der Waals surface area contributed by atoms with Gasteiger partial charge in [0.2, 0.25) is 0 Å². The van der Waals surface area contributed by atoms with Crippen LogP contribution in [0.15, 0.2) is 12.1 Å². The molecule has 28 heavy (non-hydrogen) atoms. The summed E-state index contributed by atoms with van der Waals surface area (Å²) in [7, 11) is 5.80. The predicted octanol–water partition coefficient (Wildman–Crippen LogP) is 5.66. The molecule has 0 aliphatic carbocycles. The highest BCUT2D eigenvalue weighted by Gasteiger charge is 2.32. The highest BCUT2D eigenvalue weighted by Crippen LogP contribution is 2.47. The Morgan fingerprint density at radius 3 is 1.11 bits per heavy atom. The molecule has 0 heterocycles. The summed E-state index contributed by atoms with van der Waals surface area (Å²) in [5, 5.41) is 35.6. The van der Waals surface area contributed by atoms with Gasteiger partial charge in [0.05, 0.1) is 24.3 Å². The van der Waals surface area contributed by atoms with Gasteiger partial charge in [0, 0.05) is 36.0 Å². The molecule has 1 aromatic carbocycles. The van der Waals surface area contributed by atoms with Crippen LogP contribution in [0.1, 0.15) is 73.6 Å². The van der Waals surface area contributed by atoms with Gasteiger partial charge in [-0.1, -0.05) is 12.1 Å². The predicted molar refractivity (Wildman–Crippen MR) is 118 cm³/mol. The summed E-state index contributed by atoms with van der Waals surface area (Å²) in [4.78, 5) is 0. The molecular formula is C22H28N4P2. The van der Waals surface area contributed by atoms with Gasteiger partial charge in [0.15, 0.2) is 0 Å². The van der Waals surface area contributed by atoms with Gasteiger partial charge in [-0.05, 0) is 61.8 Å². The molecule has 0 fully saturated rings. The van der Waals surface area contributed by atoms with Gasteiger partial charge in [-0.15, -0.1) is 18.5 Å². The van der Waals surface area contributed by atoms with Crippen LogP contribution < -0.4 is 0 Å². The van der Waals surface area contributed by atoms with E-state index in [4.69, 9.17) is 21.0 Å². The van der Waals surface area contributed by atoms with E-state index in [1.165, 1.54) is 0 Å². The van der Waals surface area contributed by atoms with E-state index in [0.717, 1.165) is 22.3 Å². The van der Waals surface area contributed by atoms with Crippen LogP contribution >= 0.6 is 18.5 Å². The number of hydrogen-bond donors (Lipinski definition) is 0. The van der Waals surface area contributed by atoms with Gasteiger partial charge in [-0.2, -0.15) is 21.0 Å². The van der Waals surface area contributed by atoms with Crippen molar-refractivity contribution < 1.29 is 0 Å². The van der Waals surface area contributed by atoms with E-state index in [0.29, 0.717) is 51.4 Å². The van der Waals surface area contributed by atoms with Crippen molar-refractivity contribution in [2.75, 3.05) is 0 Å². The topological polar surface area (TPSA) is 95.2 Å². The SMILES string of the molecule is Cc1cc(C(P)(CCC#N)CCC#N)c(C)cc1C(P)(CCC#N)CCC#N. The van der Waals surface area contributed by atoms with Crippen molar-refractivity contribution >= 4 is 18.5 Å². The molecule has 4 nitrogen and oxygen atoms in total. The summed E-state index contributed by atoms with van der Waals surface area (Å²) >= 11 is 0. The molecule has 6 heteroatoms. The Morgan fingerprint density at radius 1 is 0.643 bits per heavy atom. The lowest BCUT2D eigenvalue weighted by atomic mass is 9.80. The Morgan fingerprint density at radius 2 is 0.893 bits per heavy atom. The van der Waals surface area contributed by atoms with Gasteiger partial charge < -0.3 is 0 Å². The van der Waals surface area contributed by atoms with E-state index in [2.05, 4.69) is 68.7 Å². The number of nitrogens with zero attached hydrogens (tertiary/aromatic N) is 4. The minimum Gasteiger partial charge on any atom is -0.198 e. The summed E-state index contributed by atoms with van der Waals surface area (Å²) in [5.41, 5.74) is 4.54. The summed E-state index contributed by atoms with van der Waals surface area (Å²) in [6.45, 7) is 4.13. The van der Waals surface area contributed by atoms with E-state index in [9.17, 15) is 0 Å². The monoisotopic (exact) mass is 410 g/mol. The fourth-order valence-corrected chi connectivity index (χ4v) is 4.99. The molecule has 1 rings (SSSR count). The Balaban J connectivity index is 3.44. The Kier molecular flexibility index (Phi) is 9.58. The lowest BCUT2D eigenvalue weighted by Crippen LogP contribution is -2.23. The maximum atomic E-state index is 9.06. The second-order valence-corrected chi connectivity index (χ2v) is 9.64. The molecule has 0 radical (unpaired) electrons. The van der Waals surface area contributed by atoms with Crippen molar-refractivity contribution in [3.8, 4) is 24.3 Å². The number of benzene rings is 1. The van der Waals surface area contributed by atoms with Gasteiger partial charge in [-0.3, -0.25) is 0 Å². The van der Waals surface area contributed by atoms with Crippen LogP contribution in [-0.4, -0.2) is 0 Å². The summed E-state index contributed by atoms with van der Waals surface area (Å²) in [6.07, 6.45) is 4.49. The molecular weight excluding hydrogens is 382 g/mol. The van der Waals surface area contributed by atoms with Crippen molar-refractivity contribution in [1.82, 2.24) is 0 Å². The van der Waals surface area contributed by atoms with Crippen LogP contribution in [0.25, 0.3) is 0 Å². The third kappa shape index (κ3) is 6.02. The maximum Gasteiger partial charge on any atom is 0.0622 e. The average Bonchev–Trinajstić information content (AvgIpc) is 2.69. The smallest absolute Gasteiger partial charge is 0.0622 e. The second-order valence-electron chi connectivity index (χ2n) is 7.43. The quantitative estimate of drug-likeness (QED) is 0.465. The zero-order chi connectivity index (χ0) is 21.2. The van der Waals surface area contributed by atoms with Crippen LogP contribution in [0, 0.1) is 59.2 Å². The van der Waals surface area contributed by atoms with Crippen molar-refractivity contribution in [1.29, 1.82) is 21.0 Å². The van der Waals surface area contributed by atoms with Gasteiger partial charge in [-0.25, -0.2) is 0 Å². The number of hydrogen-bond acceptors (Lipinski definition) is 4. The summed E-state index contributed by atoms with van der Waals surface area (Å²) < 4.78 is 0. The standard InChI is InChI=1S/C22H28N4P2/c1-17-15-20(22(28,9-5-13-25)10-6-14-26)18(2)16-19(17)21(27,7-3-11-23)8-4-12-24/h15-16H,3-10,27-28H2,1-2H3. The fourth-order valence-electron chi connectivity index (χ4n) is 3.79. The summed E-state index contributed by atoms with van der Waals surface area (Å²) in [6, 6.07) is 13.2. The lowest BCUT2D eigenvalue weighted by molar-refractivity contribution is 0.524. The van der Waals surface area contributed by atoms with E-state index in [1.54, 1.807) is 0 Å². The van der Waals surface area contributed by atoms with E-state index < -0.39 is 0 Å². The van der Waals surface area contributed by atoms with Crippen LogP contribution in [0.2, 0.25) is 0 Å². The second kappa shape index (κ2) is 11.1. The largest absolute Gasteiger partial charge is 0.198 e. The molecule has 0 saturated carbocycles. The molecule has 0 N–H and O–H groups in total. The number of aryl methyl sites for hydroxylation is 2. The third-order valence-corrected chi connectivity index (χ3v) is 7.15. The molecule has 0 amide bonds. The zero-order valence-corrected chi connectivity index (χ0v) is 19.1. The molecule has 0 saturated heterocycles. The van der Waals surface area contributed by atoms with Gasteiger partial charge >= 0.3 is 0 Å². The molecule has 0 aliphatic rings. The fraction of sp³-hybridized carbons (Fsp3) is 0.545. The number of rotatable bonds is 10. The molecule has 2 atom stereocenters. The van der Waals surface area contributed by atoms with Crippen molar-refractivity contribution in [2.45, 2.75) is 75.5 Å². The van der Waals surface area contributed by atoms with E-state index in [-0.39, 0.29) is 10.3 Å². The minimum absolute atomic E-state index is 0.304. The molecule has 0 aromatic heterocycles. The van der Waals surface area contributed by atoms with Crippen LogP contribution in [0.5, 0.6) is 0 Å². The maximum absolute atomic E-state index is 9.06. The highest BCUT2D eigenvalue weighted by molar-refractivity contribution is 7.18. The minimum atomic E-state index is -0.304. The van der Waals surface area contributed by atoms with Crippen molar-refractivity contribution in [3.63, 3.8) is 0 Å². The Hall–Kier alpha value is -1.96. The number of nitriles is 4. The first kappa shape index (κ1) is 24.1. The highest BCUT2D eigenvalue weighted by atomic mass is 31.0. The van der Waals surface area contributed by atoms with E-state index >= 15 is 0 Å².